The van der Waals surface area contributed by atoms with Gasteiger partial charge in [-0.05, 0) is 42.1 Å². The van der Waals surface area contributed by atoms with Gasteiger partial charge in [-0.2, -0.15) is 0 Å². The van der Waals surface area contributed by atoms with E-state index in [0.29, 0.717) is 22.5 Å². The molecule has 1 aromatic heterocycles. The number of aryl methyl sites for hydroxylation is 1. The Hall–Kier alpha value is -2.13. The number of hydrogen-bond acceptors (Lipinski definition) is 1. The van der Waals surface area contributed by atoms with Crippen LogP contribution in [0.2, 0.25) is 5.02 Å². The quantitative estimate of drug-likeness (QED) is 0.690. The van der Waals surface area contributed by atoms with E-state index in [2.05, 4.69) is 0 Å². The zero-order valence-corrected chi connectivity index (χ0v) is 12.2. The van der Waals surface area contributed by atoms with Gasteiger partial charge in [-0.25, -0.2) is 4.39 Å². The summed E-state index contributed by atoms with van der Waals surface area (Å²) in [4.78, 5) is 12.8. The Labute approximate surface area is 126 Å². The van der Waals surface area contributed by atoms with Crippen LogP contribution in [-0.4, -0.2) is 4.57 Å². The summed E-state index contributed by atoms with van der Waals surface area (Å²) in [7, 11) is 0. The van der Waals surface area contributed by atoms with E-state index in [1.54, 1.807) is 18.2 Å². The molecule has 2 nitrogen and oxygen atoms in total. The van der Waals surface area contributed by atoms with Crippen molar-refractivity contribution in [3.05, 3.63) is 75.4 Å². The summed E-state index contributed by atoms with van der Waals surface area (Å²) in [6.45, 7) is 1.96. The third-order valence-electron chi connectivity index (χ3n) is 3.50. The minimum atomic E-state index is -0.374. The molecule has 0 atom stereocenters. The summed E-state index contributed by atoms with van der Waals surface area (Å²) in [5, 5.41) is 1.67. The second kappa shape index (κ2) is 5.34. The molecule has 0 N–H and O–H groups in total. The second-order valence-corrected chi connectivity index (χ2v) is 5.22. The van der Waals surface area contributed by atoms with E-state index in [9.17, 15) is 9.18 Å². The fourth-order valence-electron chi connectivity index (χ4n) is 2.53. The highest BCUT2D eigenvalue weighted by Crippen LogP contribution is 2.23. The molecule has 0 aliphatic carbocycles. The highest BCUT2D eigenvalue weighted by Gasteiger charge is 2.12. The topological polar surface area (TPSA) is 22.0 Å². The maximum absolute atomic E-state index is 13.5. The number of rotatable bonds is 2. The highest BCUT2D eigenvalue weighted by atomic mass is 35.5. The van der Waals surface area contributed by atoms with Crippen LogP contribution in [0, 0.1) is 5.82 Å². The lowest BCUT2D eigenvalue weighted by Gasteiger charge is -2.14. The van der Waals surface area contributed by atoms with Gasteiger partial charge in [-0.1, -0.05) is 36.7 Å². The van der Waals surface area contributed by atoms with Crippen LogP contribution in [0.25, 0.3) is 16.5 Å². The Kier molecular flexibility index (Phi) is 3.52. The highest BCUT2D eigenvalue weighted by molar-refractivity contribution is 6.35. The second-order valence-electron chi connectivity index (χ2n) is 4.81. The summed E-state index contributed by atoms with van der Waals surface area (Å²) in [5.41, 5.74) is 1.11. The SMILES string of the molecule is CCc1cc2cccc(Cl)c2c(=O)n1-c1cccc(F)c1. The minimum Gasteiger partial charge on any atom is -0.281 e. The molecule has 106 valence electrons. The van der Waals surface area contributed by atoms with Gasteiger partial charge in [0.05, 0.1) is 16.1 Å². The Balaban J connectivity index is 2.44. The van der Waals surface area contributed by atoms with E-state index in [-0.39, 0.29) is 11.4 Å². The lowest BCUT2D eigenvalue weighted by molar-refractivity contribution is 0.626. The van der Waals surface area contributed by atoms with E-state index >= 15 is 0 Å². The van der Waals surface area contributed by atoms with Gasteiger partial charge >= 0.3 is 0 Å². The van der Waals surface area contributed by atoms with Crippen molar-refractivity contribution in [1.82, 2.24) is 4.57 Å². The lowest BCUT2D eigenvalue weighted by Crippen LogP contribution is -2.22. The van der Waals surface area contributed by atoms with Crippen molar-refractivity contribution in [3.63, 3.8) is 0 Å². The fourth-order valence-corrected chi connectivity index (χ4v) is 2.79. The molecule has 0 fully saturated rings. The van der Waals surface area contributed by atoms with Crippen molar-refractivity contribution < 1.29 is 4.39 Å². The van der Waals surface area contributed by atoms with Crippen molar-refractivity contribution in [2.45, 2.75) is 13.3 Å². The third kappa shape index (κ3) is 2.34. The molecule has 3 rings (SSSR count). The third-order valence-corrected chi connectivity index (χ3v) is 3.82. The van der Waals surface area contributed by atoms with E-state index in [1.165, 1.54) is 16.7 Å². The number of benzene rings is 2. The van der Waals surface area contributed by atoms with Crippen LogP contribution in [0.3, 0.4) is 0 Å². The normalized spacial score (nSPS) is 11.0. The fraction of sp³-hybridized carbons (Fsp3) is 0.118. The van der Waals surface area contributed by atoms with Crippen LogP contribution in [0.1, 0.15) is 12.6 Å². The average molecular weight is 302 g/mol. The molecule has 21 heavy (non-hydrogen) atoms. The van der Waals surface area contributed by atoms with Crippen LogP contribution < -0.4 is 5.56 Å². The molecule has 0 bridgehead atoms. The maximum atomic E-state index is 13.5. The Morgan fingerprint density at radius 2 is 1.90 bits per heavy atom. The number of aromatic nitrogens is 1. The largest absolute Gasteiger partial charge is 0.281 e. The van der Waals surface area contributed by atoms with E-state index in [1.807, 2.05) is 25.1 Å². The molecular formula is C17H13ClFNO. The van der Waals surface area contributed by atoms with Crippen molar-refractivity contribution in [1.29, 1.82) is 0 Å². The van der Waals surface area contributed by atoms with E-state index in [0.717, 1.165) is 11.1 Å². The number of nitrogens with zero attached hydrogens (tertiary/aromatic N) is 1. The molecule has 4 heteroatoms. The monoisotopic (exact) mass is 301 g/mol. The number of halogens is 2. The molecule has 1 heterocycles. The van der Waals surface area contributed by atoms with Crippen LogP contribution >= 0.6 is 11.6 Å². The molecule has 0 aliphatic rings. The number of hydrogen-bond donors (Lipinski definition) is 0. The number of pyridine rings is 1. The Morgan fingerprint density at radius 3 is 2.62 bits per heavy atom. The predicted octanol–water partition coefficient (Wildman–Crippen LogP) is 4.35. The summed E-state index contributed by atoms with van der Waals surface area (Å²) >= 11 is 6.16. The summed E-state index contributed by atoms with van der Waals surface area (Å²) in [6, 6.07) is 13.3. The molecule has 0 unspecified atom stereocenters. The van der Waals surface area contributed by atoms with Crippen molar-refractivity contribution in [3.8, 4) is 5.69 Å². The van der Waals surface area contributed by atoms with Crippen molar-refractivity contribution in [2.75, 3.05) is 0 Å². The van der Waals surface area contributed by atoms with Gasteiger partial charge in [-0.3, -0.25) is 9.36 Å². The summed E-state index contributed by atoms with van der Waals surface area (Å²) < 4.78 is 15.0. The van der Waals surface area contributed by atoms with Crippen LogP contribution in [0.4, 0.5) is 4.39 Å². The van der Waals surface area contributed by atoms with Gasteiger partial charge in [-0.15, -0.1) is 0 Å². The molecule has 0 aliphatic heterocycles. The Morgan fingerprint density at radius 1 is 1.14 bits per heavy atom. The van der Waals surface area contributed by atoms with Gasteiger partial charge in [0, 0.05) is 5.69 Å². The van der Waals surface area contributed by atoms with Gasteiger partial charge < -0.3 is 0 Å². The van der Waals surface area contributed by atoms with Crippen LogP contribution in [0.5, 0.6) is 0 Å². The molecular weight excluding hydrogens is 289 g/mol. The Bertz CT molecular complexity index is 886. The van der Waals surface area contributed by atoms with Crippen LogP contribution in [-0.2, 0) is 6.42 Å². The van der Waals surface area contributed by atoms with E-state index in [4.69, 9.17) is 11.6 Å². The van der Waals surface area contributed by atoms with Crippen molar-refractivity contribution in [2.24, 2.45) is 0 Å². The first-order valence-corrected chi connectivity index (χ1v) is 7.08. The lowest BCUT2D eigenvalue weighted by atomic mass is 10.1. The number of fused-ring (bicyclic) bond motifs is 1. The molecule has 0 amide bonds. The standard InChI is InChI=1S/C17H13ClFNO/c1-2-13-9-11-5-3-8-15(18)16(11)17(21)20(13)14-7-4-6-12(19)10-14/h3-10H,2H2,1H3. The minimum absolute atomic E-state index is 0.222. The van der Waals surface area contributed by atoms with Crippen LogP contribution in [0.15, 0.2) is 53.3 Å². The molecule has 0 saturated heterocycles. The molecule has 2 aromatic carbocycles. The maximum Gasteiger partial charge on any atom is 0.264 e. The van der Waals surface area contributed by atoms with E-state index < -0.39 is 0 Å². The smallest absolute Gasteiger partial charge is 0.264 e. The average Bonchev–Trinajstić information content (AvgIpc) is 2.46. The zero-order valence-electron chi connectivity index (χ0n) is 11.4. The zero-order chi connectivity index (χ0) is 15.0. The molecule has 3 aromatic rings. The summed E-state index contributed by atoms with van der Waals surface area (Å²) in [6.07, 6.45) is 0.661. The first kappa shape index (κ1) is 13.8. The first-order chi connectivity index (χ1) is 10.1. The summed E-state index contributed by atoms with van der Waals surface area (Å²) in [5.74, 6) is -0.374. The van der Waals surface area contributed by atoms with Gasteiger partial charge in [0.1, 0.15) is 5.82 Å². The molecule has 0 spiro atoms. The molecule has 0 radical (unpaired) electrons. The molecule has 0 saturated carbocycles. The van der Waals surface area contributed by atoms with Gasteiger partial charge in [0.2, 0.25) is 0 Å². The predicted molar refractivity (Wildman–Crippen MR) is 83.9 cm³/mol. The van der Waals surface area contributed by atoms with Gasteiger partial charge in [0.25, 0.3) is 5.56 Å². The van der Waals surface area contributed by atoms with Crippen molar-refractivity contribution >= 4 is 22.4 Å². The van der Waals surface area contributed by atoms with Gasteiger partial charge in [0.15, 0.2) is 0 Å². The first-order valence-electron chi connectivity index (χ1n) is 6.71.